The molecule has 0 fully saturated rings. The first kappa shape index (κ1) is 11.8. The van der Waals surface area contributed by atoms with Gasteiger partial charge in [-0.15, -0.1) is 9.36 Å². The fourth-order valence-electron chi connectivity index (χ4n) is 1.86. The standard InChI is InChI=1S/C11H12N2O3S/c1-9-11(17(14,15)16)8-12(2)13(9)10-6-4-3-5-7-10/h3-8H,1-2H3/p+1. The van der Waals surface area contributed by atoms with Gasteiger partial charge in [0.1, 0.15) is 11.4 Å². The highest BCUT2D eigenvalue weighted by atomic mass is 32.2. The minimum atomic E-state index is -4.18. The van der Waals surface area contributed by atoms with Crippen LogP contribution in [0.5, 0.6) is 0 Å². The third-order valence-corrected chi connectivity index (χ3v) is 3.53. The molecule has 90 valence electrons. The summed E-state index contributed by atoms with van der Waals surface area (Å²) in [6.45, 7) is 1.65. The summed E-state index contributed by atoms with van der Waals surface area (Å²) < 4.78 is 34.8. The van der Waals surface area contributed by atoms with Gasteiger partial charge >= 0.3 is 10.1 Å². The number of benzene rings is 1. The molecule has 17 heavy (non-hydrogen) atoms. The van der Waals surface area contributed by atoms with Crippen molar-refractivity contribution < 1.29 is 17.7 Å². The second-order valence-corrected chi connectivity index (χ2v) is 5.16. The van der Waals surface area contributed by atoms with Crippen molar-refractivity contribution in [2.45, 2.75) is 11.8 Å². The minimum absolute atomic E-state index is 0.0798. The van der Waals surface area contributed by atoms with E-state index >= 15 is 0 Å². The molecule has 0 aliphatic heterocycles. The molecule has 0 saturated carbocycles. The van der Waals surface area contributed by atoms with Gasteiger partial charge in [0.2, 0.25) is 6.20 Å². The molecule has 0 radical (unpaired) electrons. The molecule has 6 heteroatoms. The van der Waals surface area contributed by atoms with Crippen LogP contribution in [0.4, 0.5) is 0 Å². The first-order valence-corrected chi connectivity index (χ1v) is 6.46. The predicted molar refractivity (Wildman–Crippen MR) is 61.5 cm³/mol. The number of rotatable bonds is 2. The lowest BCUT2D eigenvalue weighted by atomic mass is 10.3. The topological polar surface area (TPSA) is 63.2 Å². The van der Waals surface area contributed by atoms with Gasteiger partial charge in [-0.25, -0.2) is 0 Å². The second kappa shape index (κ2) is 3.97. The van der Waals surface area contributed by atoms with Crippen LogP contribution >= 0.6 is 0 Å². The van der Waals surface area contributed by atoms with Gasteiger partial charge in [0.15, 0.2) is 11.9 Å². The normalized spacial score (nSPS) is 11.7. The number of hydrogen-bond donors (Lipinski definition) is 1. The van der Waals surface area contributed by atoms with Gasteiger partial charge in [0, 0.05) is 0 Å². The van der Waals surface area contributed by atoms with Crippen LogP contribution < -0.4 is 4.68 Å². The van der Waals surface area contributed by atoms with Crippen LogP contribution in [0.2, 0.25) is 0 Å². The van der Waals surface area contributed by atoms with E-state index < -0.39 is 10.1 Å². The smallest absolute Gasteiger partial charge is 0.282 e. The van der Waals surface area contributed by atoms with E-state index in [9.17, 15) is 8.42 Å². The molecule has 0 unspecified atom stereocenters. The van der Waals surface area contributed by atoms with Gasteiger partial charge in [-0.3, -0.25) is 4.55 Å². The van der Waals surface area contributed by atoms with Crippen LogP contribution in [-0.4, -0.2) is 17.7 Å². The summed E-state index contributed by atoms with van der Waals surface area (Å²) in [6, 6.07) is 9.33. The van der Waals surface area contributed by atoms with E-state index in [4.69, 9.17) is 4.55 Å². The molecule has 5 nitrogen and oxygen atoms in total. The fraction of sp³-hybridized carbons (Fsp3) is 0.182. The molecular weight excluding hydrogens is 240 g/mol. The highest BCUT2D eigenvalue weighted by Gasteiger charge is 2.25. The summed E-state index contributed by atoms with van der Waals surface area (Å²) in [5, 5.41) is 0. The Labute approximate surface area is 99.7 Å². The van der Waals surface area contributed by atoms with Crippen molar-refractivity contribution in [3.8, 4) is 5.69 Å². The maximum absolute atomic E-state index is 11.2. The van der Waals surface area contributed by atoms with E-state index in [1.165, 1.54) is 6.20 Å². The molecule has 0 aliphatic rings. The van der Waals surface area contributed by atoms with Gasteiger partial charge < -0.3 is 0 Å². The molecule has 0 amide bonds. The van der Waals surface area contributed by atoms with Crippen molar-refractivity contribution in [3.63, 3.8) is 0 Å². The first-order chi connectivity index (χ1) is 7.91. The molecule has 2 rings (SSSR count). The zero-order valence-corrected chi connectivity index (χ0v) is 10.3. The number of aryl methyl sites for hydroxylation is 1. The predicted octanol–water partition coefficient (Wildman–Crippen LogP) is 0.857. The van der Waals surface area contributed by atoms with Gasteiger partial charge in [-0.05, 0) is 19.1 Å². The minimum Gasteiger partial charge on any atom is -0.282 e. The molecule has 1 heterocycles. The van der Waals surface area contributed by atoms with Crippen LogP contribution in [0.3, 0.4) is 0 Å². The first-order valence-electron chi connectivity index (χ1n) is 5.02. The Kier molecular flexibility index (Phi) is 2.76. The summed E-state index contributed by atoms with van der Waals surface area (Å²) in [4.78, 5) is -0.0798. The Morgan fingerprint density at radius 2 is 1.82 bits per heavy atom. The summed E-state index contributed by atoms with van der Waals surface area (Å²) in [6.07, 6.45) is 1.39. The maximum atomic E-state index is 11.2. The average molecular weight is 253 g/mol. The molecule has 0 aliphatic carbocycles. The molecule has 0 bridgehead atoms. The van der Waals surface area contributed by atoms with Gasteiger partial charge in [0.25, 0.3) is 0 Å². The number of nitrogens with zero attached hydrogens (tertiary/aromatic N) is 2. The van der Waals surface area contributed by atoms with Gasteiger partial charge in [0.05, 0.1) is 0 Å². The maximum Gasteiger partial charge on any atom is 0.302 e. The summed E-state index contributed by atoms with van der Waals surface area (Å²) in [5.41, 5.74) is 1.31. The Morgan fingerprint density at radius 1 is 1.24 bits per heavy atom. The van der Waals surface area contributed by atoms with E-state index in [-0.39, 0.29) is 4.90 Å². The van der Waals surface area contributed by atoms with Crippen molar-refractivity contribution in [2.24, 2.45) is 7.05 Å². The Morgan fingerprint density at radius 3 is 2.29 bits per heavy atom. The van der Waals surface area contributed by atoms with Crippen molar-refractivity contribution in [2.75, 3.05) is 0 Å². The largest absolute Gasteiger partial charge is 0.302 e. The molecule has 0 saturated heterocycles. The van der Waals surface area contributed by atoms with E-state index in [0.717, 1.165) is 5.69 Å². The number of para-hydroxylation sites is 1. The molecule has 0 spiro atoms. The number of aromatic nitrogens is 2. The molecular formula is C11H13N2O3S+. The van der Waals surface area contributed by atoms with E-state index in [1.54, 1.807) is 23.3 Å². The SMILES string of the molecule is Cc1c(S(=O)(=O)O)c[n+](C)n1-c1ccccc1. The monoisotopic (exact) mass is 253 g/mol. The number of hydrogen-bond acceptors (Lipinski definition) is 2. The molecule has 1 aromatic heterocycles. The van der Waals surface area contributed by atoms with Crippen LogP contribution in [0, 0.1) is 6.92 Å². The lowest BCUT2D eigenvalue weighted by Crippen LogP contribution is -2.37. The summed E-state index contributed by atoms with van der Waals surface area (Å²) >= 11 is 0. The quantitative estimate of drug-likeness (QED) is 0.637. The van der Waals surface area contributed by atoms with Gasteiger partial charge in [-0.2, -0.15) is 8.42 Å². The molecule has 1 N–H and O–H groups in total. The second-order valence-electron chi connectivity index (χ2n) is 3.77. The molecule has 0 atom stereocenters. The highest BCUT2D eigenvalue weighted by molar-refractivity contribution is 7.85. The zero-order valence-electron chi connectivity index (χ0n) is 9.53. The van der Waals surface area contributed by atoms with Crippen molar-refractivity contribution in [1.29, 1.82) is 0 Å². The van der Waals surface area contributed by atoms with Crippen LogP contribution in [0.25, 0.3) is 5.69 Å². The lowest BCUT2D eigenvalue weighted by molar-refractivity contribution is -0.745. The van der Waals surface area contributed by atoms with Crippen LogP contribution in [-0.2, 0) is 17.2 Å². The third-order valence-electron chi connectivity index (χ3n) is 2.57. The van der Waals surface area contributed by atoms with Crippen molar-refractivity contribution >= 4 is 10.1 Å². The highest BCUT2D eigenvalue weighted by Crippen LogP contribution is 2.16. The van der Waals surface area contributed by atoms with Gasteiger partial charge in [-0.1, -0.05) is 18.2 Å². The third kappa shape index (κ3) is 2.09. The summed E-state index contributed by atoms with van der Waals surface area (Å²) in [7, 11) is -2.47. The zero-order chi connectivity index (χ0) is 12.6. The Bertz CT molecular complexity index is 645. The van der Waals surface area contributed by atoms with E-state index in [0.29, 0.717) is 5.69 Å². The molecule has 1 aromatic carbocycles. The average Bonchev–Trinajstić information content (AvgIpc) is 2.55. The van der Waals surface area contributed by atoms with Crippen molar-refractivity contribution in [3.05, 3.63) is 42.2 Å². The fourth-order valence-corrected chi connectivity index (χ4v) is 2.61. The van der Waals surface area contributed by atoms with Crippen molar-refractivity contribution in [1.82, 2.24) is 4.68 Å². The summed E-state index contributed by atoms with van der Waals surface area (Å²) in [5.74, 6) is 0. The Balaban J connectivity index is 2.70. The molecule has 2 aromatic rings. The van der Waals surface area contributed by atoms with E-state index in [1.807, 2.05) is 30.3 Å². The Hall–Kier alpha value is -1.66. The van der Waals surface area contributed by atoms with E-state index in [2.05, 4.69) is 0 Å². The lowest BCUT2D eigenvalue weighted by Gasteiger charge is -2.01. The van der Waals surface area contributed by atoms with Crippen LogP contribution in [0.1, 0.15) is 5.69 Å². The van der Waals surface area contributed by atoms with Crippen LogP contribution in [0.15, 0.2) is 41.4 Å².